The molecule has 0 unspecified atom stereocenters. The molecule has 5 nitrogen and oxygen atoms in total. The zero-order valence-corrected chi connectivity index (χ0v) is 20.7. The molecule has 0 bridgehead atoms. The minimum Gasteiger partial charge on any atom is -0.341 e. The van der Waals surface area contributed by atoms with Crippen molar-refractivity contribution in [1.82, 2.24) is 8.87 Å². The molecular formula is C26H36N2O3S. The second-order valence-electron chi connectivity index (χ2n) is 10.4. The van der Waals surface area contributed by atoms with Crippen LogP contribution in [0, 0.1) is 12.3 Å². The number of hydrogen-bond acceptors (Lipinski definition) is 3. The predicted molar refractivity (Wildman–Crippen MR) is 128 cm³/mol. The molecule has 174 valence electrons. The summed E-state index contributed by atoms with van der Waals surface area (Å²) in [6.07, 6.45) is 6.90. The number of benzene rings is 1. The summed E-state index contributed by atoms with van der Waals surface area (Å²) in [7, 11) is -3.41. The molecule has 1 fully saturated rings. The molecule has 0 atom stereocenters. The van der Waals surface area contributed by atoms with Crippen LogP contribution in [-0.2, 0) is 40.6 Å². The molecule has 0 N–H and O–H groups in total. The van der Waals surface area contributed by atoms with Crippen LogP contribution in [0.1, 0.15) is 74.5 Å². The average Bonchev–Trinajstić information content (AvgIpc) is 2.98. The highest BCUT2D eigenvalue weighted by molar-refractivity contribution is 7.89. The Morgan fingerprint density at radius 1 is 1.06 bits per heavy atom. The summed E-state index contributed by atoms with van der Waals surface area (Å²) in [6, 6.07) is 7.44. The molecule has 1 saturated heterocycles. The van der Waals surface area contributed by atoms with Crippen LogP contribution in [0.4, 0.5) is 0 Å². The highest BCUT2D eigenvalue weighted by atomic mass is 32.2. The first-order valence-electron chi connectivity index (χ1n) is 11.9. The van der Waals surface area contributed by atoms with E-state index < -0.39 is 10.0 Å². The number of ketones is 1. The molecule has 1 aromatic heterocycles. The lowest BCUT2D eigenvalue weighted by molar-refractivity contribution is -0.117. The minimum atomic E-state index is -3.41. The van der Waals surface area contributed by atoms with Gasteiger partial charge in [0.25, 0.3) is 0 Å². The van der Waals surface area contributed by atoms with Crippen molar-refractivity contribution in [3.05, 3.63) is 52.3 Å². The van der Waals surface area contributed by atoms with Crippen molar-refractivity contribution >= 4 is 15.8 Å². The number of rotatable bonds is 6. The van der Waals surface area contributed by atoms with Gasteiger partial charge in [-0.1, -0.05) is 32.4 Å². The van der Waals surface area contributed by atoms with E-state index in [9.17, 15) is 13.2 Å². The SMILES string of the molecule is CC(=O)Cn1c(C)c(Cc2ccc(S(=O)(=O)N3CCCCC3)cc2)c2c1CCC(C)(C)C2. The molecule has 0 spiro atoms. The van der Waals surface area contributed by atoms with Crippen molar-refractivity contribution < 1.29 is 13.2 Å². The molecule has 2 aliphatic rings. The molecule has 0 saturated carbocycles. The van der Waals surface area contributed by atoms with Crippen molar-refractivity contribution in [2.24, 2.45) is 5.41 Å². The molecule has 1 aliphatic heterocycles. The van der Waals surface area contributed by atoms with Gasteiger partial charge in [-0.25, -0.2) is 8.42 Å². The van der Waals surface area contributed by atoms with Crippen LogP contribution in [-0.4, -0.2) is 36.2 Å². The Bertz CT molecular complexity index is 1100. The summed E-state index contributed by atoms with van der Waals surface area (Å²) in [5, 5.41) is 0. The van der Waals surface area contributed by atoms with Gasteiger partial charge in [-0.15, -0.1) is 0 Å². The van der Waals surface area contributed by atoms with Gasteiger partial charge in [-0.2, -0.15) is 4.31 Å². The highest BCUT2D eigenvalue weighted by Gasteiger charge is 2.32. The number of nitrogens with zero attached hydrogens (tertiary/aromatic N) is 2. The van der Waals surface area contributed by atoms with E-state index >= 15 is 0 Å². The molecule has 0 amide bonds. The maximum absolute atomic E-state index is 13.0. The molecule has 6 heteroatoms. The molecule has 4 rings (SSSR count). The lowest BCUT2D eigenvalue weighted by Gasteiger charge is -2.31. The first-order valence-corrected chi connectivity index (χ1v) is 13.3. The number of Topliss-reactive ketones (excluding diaryl/α,β-unsaturated/α-hetero) is 1. The summed E-state index contributed by atoms with van der Waals surface area (Å²) in [5.74, 6) is 0.176. The van der Waals surface area contributed by atoms with Crippen molar-refractivity contribution in [2.45, 2.75) is 84.1 Å². The molecule has 1 aromatic carbocycles. The van der Waals surface area contributed by atoms with Crippen molar-refractivity contribution in [3.8, 4) is 0 Å². The van der Waals surface area contributed by atoms with Crippen LogP contribution in [0.15, 0.2) is 29.2 Å². The smallest absolute Gasteiger partial charge is 0.243 e. The number of hydrogen-bond donors (Lipinski definition) is 0. The van der Waals surface area contributed by atoms with Gasteiger partial charge in [0.1, 0.15) is 5.78 Å². The Hall–Kier alpha value is -1.92. The van der Waals surface area contributed by atoms with E-state index in [4.69, 9.17) is 0 Å². The van der Waals surface area contributed by atoms with Gasteiger partial charge in [0, 0.05) is 24.5 Å². The molecule has 32 heavy (non-hydrogen) atoms. The fourth-order valence-corrected chi connectivity index (χ4v) is 6.87. The van der Waals surface area contributed by atoms with E-state index in [1.807, 2.05) is 12.1 Å². The summed E-state index contributed by atoms with van der Waals surface area (Å²) in [5.41, 5.74) is 6.55. The lowest BCUT2D eigenvalue weighted by Crippen LogP contribution is -2.35. The zero-order valence-electron chi connectivity index (χ0n) is 19.9. The third-order valence-electron chi connectivity index (χ3n) is 7.21. The number of piperidine rings is 1. The minimum absolute atomic E-state index is 0.176. The first kappa shape index (κ1) is 23.2. The van der Waals surface area contributed by atoms with E-state index in [1.54, 1.807) is 23.4 Å². The van der Waals surface area contributed by atoms with Crippen LogP contribution in [0.3, 0.4) is 0 Å². The van der Waals surface area contributed by atoms with E-state index in [0.29, 0.717) is 24.5 Å². The Morgan fingerprint density at radius 2 is 1.72 bits per heavy atom. The van der Waals surface area contributed by atoms with Gasteiger partial charge in [-0.3, -0.25) is 4.79 Å². The van der Waals surface area contributed by atoms with Crippen LogP contribution in [0.5, 0.6) is 0 Å². The zero-order chi connectivity index (χ0) is 23.1. The number of fused-ring (bicyclic) bond motifs is 1. The van der Waals surface area contributed by atoms with E-state index in [-0.39, 0.29) is 11.2 Å². The Morgan fingerprint density at radius 3 is 2.34 bits per heavy atom. The summed E-state index contributed by atoms with van der Waals surface area (Å²) in [4.78, 5) is 12.3. The fourth-order valence-electron chi connectivity index (χ4n) is 5.35. The quantitative estimate of drug-likeness (QED) is 0.635. The van der Waals surface area contributed by atoms with E-state index in [1.165, 1.54) is 22.5 Å². The Balaban J connectivity index is 1.63. The number of sulfonamides is 1. The van der Waals surface area contributed by atoms with Gasteiger partial charge < -0.3 is 4.57 Å². The van der Waals surface area contributed by atoms with Crippen LogP contribution >= 0.6 is 0 Å². The standard InChI is InChI=1S/C26H36N2O3S/c1-19(29)18-28-20(2)23(24-17-26(3,4)13-12-25(24)28)16-21-8-10-22(11-9-21)32(30,31)27-14-6-5-7-15-27/h8-11H,5-7,12-18H2,1-4H3. The molecule has 0 radical (unpaired) electrons. The number of carbonyl (C=O) groups excluding carboxylic acids is 1. The first-order chi connectivity index (χ1) is 15.1. The third-order valence-corrected chi connectivity index (χ3v) is 9.12. The summed E-state index contributed by atoms with van der Waals surface area (Å²) in [6.45, 7) is 10.1. The third kappa shape index (κ3) is 4.58. The van der Waals surface area contributed by atoms with Crippen molar-refractivity contribution in [3.63, 3.8) is 0 Å². The van der Waals surface area contributed by atoms with Gasteiger partial charge in [0.05, 0.1) is 11.4 Å². The molecule has 1 aliphatic carbocycles. The molecule has 2 heterocycles. The van der Waals surface area contributed by atoms with Crippen LogP contribution < -0.4 is 0 Å². The fraction of sp³-hybridized carbons (Fsp3) is 0.577. The Labute approximate surface area is 192 Å². The van der Waals surface area contributed by atoms with Crippen molar-refractivity contribution in [1.29, 1.82) is 0 Å². The second-order valence-corrected chi connectivity index (χ2v) is 12.3. The van der Waals surface area contributed by atoms with E-state index in [2.05, 4.69) is 25.3 Å². The van der Waals surface area contributed by atoms with Crippen LogP contribution in [0.2, 0.25) is 0 Å². The normalized spacial score (nSPS) is 19.0. The van der Waals surface area contributed by atoms with Crippen molar-refractivity contribution in [2.75, 3.05) is 13.1 Å². The molecular weight excluding hydrogens is 420 g/mol. The van der Waals surface area contributed by atoms with Gasteiger partial charge in [0.2, 0.25) is 10.0 Å². The van der Waals surface area contributed by atoms with E-state index in [0.717, 1.165) is 50.5 Å². The molecule has 2 aromatic rings. The topological polar surface area (TPSA) is 59.4 Å². The van der Waals surface area contributed by atoms with Gasteiger partial charge in [-0.05, 0) is 86.6 Å². The van der Waals surface area contributed by atoms with Gasteiger partial charge >= 0.3 is 0 Å². The maximum atomic E-state index is 13.0. The number of aromatic nitrogens is 1. The maximum Gasteiger partial charge on any atom is 0.243 e. The number of carbonyl (C=O) groups is 1. The Kier molecular flexibility index (Phi) is 6.38. The monoisotopic (exact) mass is 456 g/mol. The highest BCUT2D eigenvalue weighted by Crippen LogP contribution is 2.39. The lowest BCUT2D eigenvalue weighted by atomic mass is 9.75. The largest absolute Gasteiger partial charge is 0.341 e. The second kappa shape index (κ2) is 8.79. The summed E-state index contributed by atoms with van der Waals surface area (Å²) >= 11 is 0. The average molecular weight is 457 g/mol. The van der Waals surface area contributed by atoms with Gasteiger partial charge in [0.15, 0.2) is 0 Å². The predicted octanol–water partition coefficient (Wildman–Crippen LogP) is 4.67. The summed E-state index contributed by atoms with van der Waals surface area (Å²) < 4.78 is 29.8. The van der Waals surface area contributed by atoms with Crippen LogP contribution in [0.25, 0.3) is 0 Å².